The van der Waals surface area contributed by atoms with Gasteiger partial charge in [-0.3, -0.25) is 0 Å². The molecule has 4 heteroatoms. The van der Waals surface area contributed by atoms with Crippen LogP contribution in [0.4, 0.5) is 0 Å². The SMILES string of the molecule is C[N+](C)(C)CCOC(OCC[N+](C)(C)C)(c1ccccc1)c1ccccc1. The Bertz CT molecular complexity index is 612. The van der Waals surface area contributed by atoms with Gasteiger partial charge in [-0.15, -0.1) is 0 Å². The first-order chi connectivity index (χ1) is 12.6. The lowest BCUT2D eigenvalue weighted by Crippen LogP contribution is -2.44. The van der Waals surface area contributed by atoms with Gasteiger partial charge < -0.3 is 18.4 Å². The van der Waals surface area contributed by atoms with Gasteiger partial charge >= 0.3 is 0 Å². The van der Waals surface area contributed by atoms with Gasteiger partial charge in [-0.05, 0) is 0 Å². The summed E-state index contributed by atoms with van der Waals surface area (Å²) in [4.78, 5) is 0. The molecule has 0 unspecified atom stereocenters. The fourth-order valence-electron chi connectivity index (χ4n) is 2.78. The molecule has 0 amide bonds. The first-order valence-corrected chi connectivity index (χ1v) is 9.62. The van der Waals surface area contributed by atoms with Crippen LogP contribution in [0.1, 0.15) is 11.1 Å². The molecule has 0 spiro atoms. The topological polar surface area (TPSA) is 18.5 Å². The summed E-state index contributed by atoms with van der Waals surface area (Å²) in [5.74, 6) is -0.896. The van der Waals surface area contributed by atoms with Crippen molar-refractivity contribution in [2.75, 3.05) is 68.6 Å². The van der Waals surface area contributed by atoms with Crippen molar-refractivity contribution < 1.29 is 18.4 Å². The molecule has 0 heterocycles. The summed E-state index contributed by atoms with van der Waals surface area (Å²) in [7, 11) is 13.0. The van der Waals surface area contributed by atoms with Crippen LogP contribution >= 0.6 is 0 Å². The highest BCUT2D eigenvalue weighted by Crippen LogP contribution is 2.35. The highest BCUT2D eigenvalue weighted by molar-refractivity contribution is 5.33. The van der Waals surface area contributed by atoms with Crippen LogP contribution < -0.4 is 0 Å². The Morgan fingerprint density at radius 3 is 1.22 bits per heavy atom. The number of hydrogen-bond donors (Lipinski definition) is 0. The van der Waals surface area contributed by atoms with E-state index in [1.807, 2.05) is 36.4 Å². The molecule has 0 atom stereocenters. The molecule has 0 aliphatic carbocycles. The number of benzene rings is 2. The van der Waals surface area contributed by atoms with Crippen molar-refractivity contribution in [1.82, 2.24) is 0 Å². The second-order valence-corrected chi connectivity index (χ2v) is 9.07. The normalized spacial score (nSPS) is 13.0. The molecule has 2 rings (SSSR count). The van der Waals surface area contributed by atoms with Gasteiger partial charge in [0.25, 0.3) is 0 Å². The van der Waals surface area contributed by atoms with E-state index in [0.29, 0.717) is 13.2 Å². The van der Waals surface area contributed by atoms with E-state index in [-0.39, 0.29) is 0 Å². The van der Waals surface area contributed by atoms with Crippen LogP contribution in [-0.2, 0) is 15.3 Å². The van der Waals surface area contributed by atoms with Crippen molar-refractivity contribution in [2.24, 2.45) is 0 Å². The van der Waals surface area contributed by atoms with Crippen LogP contribution in [-0.4, -0.2) is 77.6 Å². The third kappa shape index (κ3) is 6.74. The lowest BCUT2D eigenvalue weighted by atomic mass is 9.97. The van der Waals surface area contributed by atoms with E-state index in [0.717, 1.165) is 33.2 Å². The standard InChI is InChI=1S/C23H36N2O2/c1-24(2,3)17-19-26-23(21-13-9-7-10-14-21,22-15-11-8-12-16-22)27-20-18-25(4,5)6/h7-16H,17-20H2,1-6H3/q+2. The summed E-state index contributed by atoms with van der Waals surface area (Å²) in [6.07, 6.45) is 0. The van der Waals surface area contributed by atoms with Crippen molar-refractivity contribution in [2.45, 2.75) is 5.79 Å². The molecule has 2 aromatic rings. The van der Waals surface area contributed by atoms with Gasteiger partial charge in [0.15, 0.2) is 0 Å². The van der Waals surface area contributed by atoms with Crippen LogP contribution in [0.2, 0.25) is 0 Å². The Morgan fingerprint density at radius 1 is 0.593 bits per heavy atom. The Hall–Kier alpha value is -1.72. The summed E-state index contributed by atoms with van der Waals surface area (Å²) >= 11 is 0. The number of quaternary nitrogens is 2. The minimum atomic E-state index is -0.896. The molecule has 0 aliphatic heterocycles. The van der Waals surface area contributed by atoms with Crippen molar-refractivity contribution in [3.63, 3.8) is 0 Å². The average Bonchev–Trinajstić information content (AvgIpc) is 2.60. The third-order valence-electron chi connectivity index (χ3n) is 4.44. The molecule has 0 aliphatic rings. The van der Waals surface area contributed by atoms with Crippen molar-refractivity contribution in [3.05, 3.63) is 71.8 Å². The number of hydrogen-bond acceptors (Lipinski definition) is 2. The quantitative estimate of drug-likeness (QED) is 0.470. The second-order valence-electron chi connectivity index (χ2n) is 9.07. The lowest BCUT2D eigenvalue weighted by molar-refractivity contribution is -0.872. The van der Waals surface area contributed by atoms with E-state index < -0.39 is 5.79 Å². The molecule has 0 aromatic heterocycles. The van der Waals surface area contributed by atoms with Crippen LogP contribution in [0.25, 0.3) is 0 Å². The molecule has 27 heavy (non-hydrogen) atoms. The summed E-state index contributed by atoms with van der Waals surface area (Å²) in [6, 6.07) is 20.6. The fourth-order valence-corrected chi connectivity index (χ4v) is 2.78. The summed E-state index contributed by atoms with van der Waals surface area (Å²) < 4.78 is 14.8. The predicted molar refractivity (Wildman–Crippen MR) is 111 cm³/mol. The van der Waals surface area contributed by atoms with Gasteiger partial charge in [-0.25, -0.2) is 0 Å². The van der Waals surface area contributed by atoms with E-state index in [1.165, 1.54) is 0 Å². The van der Waals surface area contributed by atoms with E-state index in [1.54, 1.807) is 0 Å². The van der Waals surface area contributed by atoms with Gasteiger partial charge in [0.05, 0.1) is 55.5 Å². The van der Waals surface area contributed by atoms with Crippen LogP contribution in [0.3, 0.4) is 0 Å². The molecular formula is C23H36N2O2+2. The molecule has 0 N–H and O–H groups in total. The van der Waals surface area contributed by atoms with E-state index >= 15 is 0 Å². The maximum absolute atomic E-state index is 6.55. The maximum atomic E-state index is 6.55. The number of ether oxygens (including phenoxy) is 2. The molecule has 2 aromatic carbocycles. The molecule has 0 saturated heterocycles. The van der Waals surface area contributed by atoms with Crippen molar-refractivity contribution >= 4 is 0 Å². The zero-order valence-electron chi connectivity index (χ0n) is 17.8. The van der Waals surface area contributed by atoms with Crippen LogP contribution in [0.5, 0.6) is 0 Å². The lowest BCUT2D eigenvalue weighted by Gasteiger charge is -2.36. The zero-order chi connectivity index (χ0) is 20.0. The molecule has 0 radical (unpaired) electrons. The van der Waals surface area contributed by atoms with Gasteiger partial charge in [0.1, 0.15) is 13.1 Å². The van der Waals surface area contributed by atoms with Crippen molar-refractivity contribution in [1.29, 1.82) is 0 Å². The first kappa shape index (κ1) is 21.6. The first-order valence-electron chi connectivity index (χ1n) is 9.62. The Balaban J connectivity index is 2.38. The third-order valence-corrected chi connectivity index (χ3v) is 4.44. The molecular weight excluding hydrogens is 336 g/mol. The summed E-state index contributed by atoms with van der Waals surface area (Å²) in [5.41, 5.74) is 2.05. The van der Waals surface area contributed by atoms with Crippen LogP contribution in [0, 0.1) is 0 Å². The molecule has 0 saturated carbocycles. The maximum Gasteiger partial charge on any atom is 0.222 e. The smallest absolute Gasteiger partial charge is 0.222 e. The molecule has 4 nitrogen and oxygen atoms in total. The van der Waals surface area contributed by atoms with E-state index in [2.05, 4.69) is 66.6 Å². The van der Waals surface area contributed by atoms with Gasteiger partial charge in [-0.2, -0.15) is 0 Å². The Morgan fingerprint density at radius 2 is 0.926 bits per heavy atom. The molecule has 0 bridgehead atoms. The fraction of sp³-hybridized carbons (Fsp3) is 0.478. The minimum Gasteiger partial charge on any atom is -0.336 e. The van der Waals surface area contributed by atoms with Gasteiger partial charge in [-0.1, -0.05) is 60.7 Å². The van der Waals surface area contributed by atoms with Crippen molar-refractivity contribution in [3.8, 4) is 0 Å². The van der Waals surface area contributed by atoms with Crippen LogP contribution in [0.15, 0.2) is 60.7 Å². The van der Waals surface area contributed by atoms with E-state index in [4.69, 9.17) is 9.47 Å². The Kier molecular flexibility index (Phi) is 7.18. The monoisotopic (exact) mass is 372 g/mol. The van der Waals surface area contributed by atoms with Gasteiger partial charge in [0.2, 0.25) is 5.79 Å². The van der Waals surface area contributed by atoms with E-state index in [9.17, 15) is 0 Å². The largest absolute Gasteiger partial charge is 0.336 e. The zero-order valence-corrected chi connectivity index (χ0v) is 17.8. The Labute approximate surface area is 165 Å². The number of likely N-dealkylation sites (N-methyl/N-ethyl adjacent to an activating group) is 2. The summed E-state index contributed by atoms with van der Waals surface area (Å²) in [5, 5.41) is 0. The average molecular weight is 373 g/mol. The minimum absolute atomic E-state index is 0.609. The summed E-state index contributed by atoms with van der Waals surface area (Å²) in [6.45, 7) is 3.02. The highest BCUT2D eigenvalue weighted by atomic mass is 16.7. The highest BCUT2D eigenvalue weighted by Gasteiger charge is 2.37. The predicted octanol–water partition coefficient (Wildman–Crippen LogP) is 3.33. The molecule has 148 valence electrons. The number of rotatable bonds is 10. The second kappa shape index (κ2) is 8.98. The number of nitrogens with zero attached hydrogens (tertiary/aromatic N) is 2. The molecule has 0 fully saturated rings. The van der Waals surface area contributed by atoms with Gasteiger partial charge in [0, 0.05) is 11.1 Å².